The monoisotopic (exact) mass is 226 g/mol. The Kier molecular flexibility index (Phi) is 5.26. The minimum absolute atomic E-state index is 0.355. The van der Waals surface area contributed by atoms with Gasteiger partial charge in [0.05, 0.1) is 0 Å². The average molecular weight is 226 g/mol. The molecule has 0 amide bonds. The van der Waals surface area contributed by atoms with Crippen LogP contribution in [0.4, 0.5) is 0 Å². The highest BCUT2D eigenvalue weighted by atomic mass is 15.2. The molecule has 2 heteroatoms. The first-order chi connectivity index (χ1) is 7.51. The van der Waals surface area contributed by atoms with Crippen LogP contribution in [0.3, 0.4) is 0 Å². The zero-order valence-electron chi connectivity index (χ0n) is 11.8. The van der Waals surface area contributed by atoms with Crippen molar-refractivity contribution < 1.29 is 0 Å². The lowest BCUT2D eigenvalue weighted by Gasteiger charge is -2.39. The Morgan fingerprint density at radius 3 is 2.31 bits per heavy atom. The van der Waals surface area contributed by atoms with E-state index >= 15 is 0 Å². The molecule has 0 bridgehead atoms. The number of nitrogens with zero attached hydrogens (tertiary/aromatic N) is 1. The van der Waals surface area contributed by atoms with Gasteiger partial charge in [0.1, 0.15) is 0 Å². The molecule has 1 N–H and O–H groups in total. The van der Waals surface area contributed by atoms with Gasteiger partial charge in [-0.2, -0.15) is 0 Å². The van der Waals surface area contributed by atoms with Crippen LogP contribution in [-0.2, 0) is 0 Å². The molecule has 0 heterocycles. The van der Waals surface area contributed by atoms with E-state index in [9.17, 15) is 0 Å². The molecular formula is C14H30N2. The molecule has 0 radical (unpaired) electrons. The fourth-order valence-electron chi connectivity index (χ4n) is 2.82. The quantitative estimate of drug-likeness (QED) is 0.749. The molecule has 0 aromatic carbocycles. The molecule has 0 spiro atoms. The summed E-state index contributed by atoms with van der Waals surface area (Å²) in [5.41, 5.74) is 0.355. The lowest BCUT2D eigenvalue weighted by atomic mass is 9.84. The van der Waals surface area contributed by atoms with Crippen molar-refractivity contribution in [3.8, 4) is 0 Å². The summed E-state index contributed by atoms with van der Waals surface area (Å²) >= 11 is 0. The van der Waals surface area contributed by atoms with Crippen LogP contribution in [0, 0.1) is 5.41 Å². The van der Waals surface area contributed by atoms with Crippen LogP contribution in [0.2, 0.25) is 0 Å². The number of rotatable bonds is 6. The second kappa shape index (κ2) is 6.02. The summed E-state index contributed by atoms with van der Waals surface area (Å²) in [6.45, 7) is 11.8. The summed E-state index contributed by atoms with van der Waals surface area (Å²) in [5, 5.41) is 3.40. The minimum Gasteiger partial charge on any atom is -0.317 e. The molecule has 96 valence electrons. The summed E-state index contributed by atoms with van der Waals surface area (Å²) in [5.74, 6) is 0. The Balaban J connectivity index is 2.54. The van der Waals surface area contributed by atoms with Crippen molar-refractivity contribution in [3.63, 3.8) is 0 Å². The van der Waals surface area contributed by atoms with Gasteiger partial charge in [-0.25, -0.2) is 0 Å². The second-order valence-electron chi connectivity index (χ2n) is 6.00. The van der Waals surface area contributed by atoms with E-state index in [2.05, 4.69) is 45.0 Å². The Morgan fingerprint density at radius 2 is 1.88 bits per heavy atom. The van der Waals surface area contributed by atoms with Crippen molar-refractivity contribution in [2.45, 2.75) is 65.5 Å². The highest BCUT2D eigenvalue weighted by molar-refractivity contribution is 4.86. The van der Waals surface area contributed by atoms with E-state index in [1.54, 1.807) is 0 Å². The Hall–Kier alpha value is -0.0800. The highest BCUT2D eigenvalue weighted by Gasteiger charge is 2.30. The molecule has 16 heavy (non-hydrogen) atoms. The first kappa shape index (κ1) is 14.0. The van der Waals surface area contributed by atoms with Crippen molar-refractivity contribution in [1.29, 1.82) is 0 Å². The zero-order chi connectivity index (χ0) is 12.2. The Labute approximate surface area is 102 Å². The fourth-order valence-corrected chi connectivity index (χ4v) is 2.82. The van der Waals surface area contributed by atoms with Crippen LogP contribution < -0.4 is 5.32 Å². The van der Waals surface area contributed by atoms with E-state index in [1.807, 2.05) is 0 Å². The van der Waals surface area contributed by atoms with Crippen molar-refractivity contribution in [2.75, 3.05) is 20.1 Å². The van der Waals surface area contributed by atoms with Gasteiger partial charge in [-0.15, -0.1) is 0 Å². The van der Waals surface area contributed by atoms with E-state index in [0.29, 0.717) is 11.5 Å². The maximum atomic E-state index is 3.40. The number of nitrogens with one attached hydrogen (secondary N) is 1. The largest absolute Gasteiger partial charge is 0.317 e. The Bertz CT molecular complexity index is 195. The lowest BCUT2D eigenvalue weighted by Crippen LogP contribution is -2.48. The topological polar surface area (TPSA) is 15.3 Å². The van der Waals surface area contributed by atoms with Gasteiger partial charge in [0, 0.05) is 18.6 Å². The molecule has 2 nitrogen and oxygen atoms in total. The fraction of sp³-hybridized carbons (Fsp3) is 1.00. The van der Waals surface area contributed by atoms with Gasteiger partial charge in [0.15, 0.2) is 0 Å². The third kappa shape index (κ3) is 3.46. The predicted molar refractivity (Wildman–Crippen MR) is 71.8 cm³/mol. The normalized spacial score (nSPS) is 20.6. The van der Waals surface area contributed by atoms with Gasteiger partial charge in [-0.05, 0) is 38.8 Å². The second-order valence-corrected chi connectivity index (χ2v) is 6.00. The summed E-state index contributed by atoms with van der Waals surface area (Å²) in [7, 11) is 2.07. The third-order valence-electron chi connectivity index (χ3n) is 4.46. The summed E-state index contributed by atoms with van der Waals surface area (Å²) in [6, 6.07) is 1.43. The molecule has 1 rings (SSSR count). The standard InChI is InChI=1S/C14H30N2/c1-6-16(13-9-7-8-10-13)11-14(3,4)12(2)15-5/h12-13,15H,6-11H2,1-5H3. The van der Waals surface area contributed by atoms with Crippen molar-refractivity contribution in [3.05, 3.63) is 0 Å². The Morgan fingerprint density at radius 1 is 1.31 bits per heavy atom. The molecule has 1 unspecified atom stereocenters. The van der Waals surface area contributed by atoms with E-state index < -0.39 is 0 Å². The van der Waals surface area contributed by atoms with E-state index in [0.717, 1.165) is 6.04 Å². The zero-order valence-corrected chi connectivity index (χ0v) is 11.8. The number of hydrogen-bond acceptors (Lipinski definition) is 2. The first-order valence-electron chi connectivity index (χ1n) is 6.92. The van der Waals surface area contributed by atoms with E-state index in [-0.39, 0.29) is 0 Å². The summed E-state index contributed by atoms with van der Waals surface area (Å²) in [6.07, 6.45) is 5.70. The lowest BCUT2D eigenvalue weighted by molar-refractivity contribution is 0.114. The van der Waals surface area contributed by atoms with Gasteiger partial charge >= 0.3 is 0 Å². The molecule has 0 saturated heterocycles. The van der Waals surface area contributed by atoms with Crippen LogP contribution in [0.1, 0.15) is 53.4 Å². The SMILES string of the molecule is CCN(CC(C)(C)C(C)NC)C1CCCC1. The highest BCUT2D eigenvalue weighted by Crippen LogP contribution is 2.28. The molecular weight excluding hydrogens is 196 g/mol. The molecule has 1 atom stereocenters. The van der Waals surface area contributed by atoms with Crippen LogP contribution in [0.5, 0.6) is 0 Å². The van der Waals surface area contributed by atoms with Gasteiger partial charge in [-0.3, -0.25) is 0 Å². The number of hydrogen-bond donors (Lipinski definition) is 1. The maximum absolute atomic E-state index is 3.40. The van der Waals surface area contributed by atoms with Gasteiger partial charge < -0.3 is 10.2 Å². The van der Waals surface area contributed by atoms with Crippen LogP contribution >= 0.6 is 0 Å². The maximum Gasteiger partial charge on any atom is 0.00991 e. The molecule has 1 fully saturated rings. The van der Waals surface area contributed by atoms with Gasteiger partial charge in [0.2, 0.25) is 0 Å². The van der Waals surface area contributed by atoms with Crippen LogP contribution in [0.15, 0.2) is 0 Å². The van der Waals surface area contributed by atoms with Crippen molar-refractivity contribution in [2.24, 2.45) is 5.41 Å². The van der Waals surface area contributed by atoms with Crippen LogP contribution in [-0.4, -0.2) is 37.1 Å². The third-order valence-corrected chi connectivity index (χ3v) is 4.46. The molecule has 0 aliphatic heterocycles. The molecule has 1 aliphatic carbocycles. The van der Waals surface area contributed by atoms with E-state index in [1.165, 1.54) is 38.8 Å². The predicted octanol–water partition coefficient (Wildman–Crippen LogP) is 2.89. The average Bonchev–Trinajstić information content (AvgIpc) is 2.78. The molecule has 0 aromatic rings. The van der Waals surface area contributed by atoms with Crippen LogP contribution in [0.25, 0.3) is 0 Å². The van der Waals surface area contributed by atoms with E-state index in [4.69, 9.17) is 0 Å². The first-order valence-corrected chi connectivity index (χ1v) is 6.92. The van der Waals surface area contributed by atoms with Gasteiger partial charge in [0.25, 0.3) is 0 Å². The molecule has 0 aromatic heterocycles. The molecule has 1 aliphatic rings. The minimum atomic E-state index is 0.355. The smallest absolute Gasteiger partial charge is 0.00991 e. The van der Waals surface area contributed by atoms with Crippen molar-refractivity contribution in [1.82, 2.24) is 10.2 Å². The van der Waals surface area contributed by atoms with Crippen molar-refractivity contribution >= 4 is 0 Å². The summed E-state index contributed by atoms with van der Waals surface area (Å²) < 4.78 is 0. The van der Waals surface area contributed by atoms with Gasteiger partial charge in [-0.1, -0.05) is 33.6 Å². The summed E-state index contributed by atoms with van der Waals surface area (Å²) in [4.78, 5) is 2.70. The molecule has 1 saturated carbocycles.